The summed E-state index contributed by atoms with van der Waals surface area (Å²) in [6, 6.07) is 0.451. The summed E-state index contributed by atoms with van der Waals surface area (Å²) in [5.41, 5.74) is -0.633. The summed E-state index contributed by atoms with van der Waals surface area (Å²) in [4.78, 5) is 14.5. The Kier molecular flexibility index (Phi) is 9.06. The number of likely N-dealkylation sites (N-methyl/N-ethyl adjacent to an activating group) is 1. The van der Waals surface area contributed by atoms with Crippen LogP contribution in [0.25, 0.3) is 0 Å². The Bertz CT molecular complexity index is 282. The lowest BCUT2D eigenvalue weighted by atomic mass is 9.98. The van der Waals surface area contributed by atoms with Gasteiger partial charge in [0.25, 0.3) is 0 Å². The summed E-state index contributed by atoms with van der Waals surface area (Å²) in [5, 5.41) is 3.35. The number of nitrogens with one attached hydrogen (secondary N) is 1. The van der Waals surface area contributed by atoms with E-state index in [1.165, 1.54) is 0 Å². The molecule has 0 aromatic rings. The topological polar surface area (TPSA) is 41.6 Å². The summed E-state index contributed by atoms with van der Waals surface area (Å²) >= 11 is 0. The zero-order chi connectivity index (χ0) is 15.8. The first-order chi connectivity index (χ1) is 9.26. The lowest BCUT2D eigenvalue weighted by molar-refractivity contribution is -0.151. The third-order valence-corrected chi connectivity index (χ3v) is 3.62. The highest BCUT2D eigenvalue weighted by Gasteiger charge is 2.36. The predicted molar refractivity (Wildman–Crippen MR) is 84.9 cm³/mol. The summed E-state index contributed by atoms with van der Waals surface area (Å²) in [5.74, 6) is 0.502. The van der Waals surface area contributed by atoms with Gasteiger partial charge in [0.05, 0.1) is 6.61 Å². The summed E-state index contributed by atoms with van der Waals surface area (Å²) < 4.78 is 5.24. The van der Waals surface area contributed by atoms with Gasteiger partial charge in [0, 0.05) is 12.6 Å². The fourth-order valence-electron chi connectivity index (χ4n) is 2.40. The van der Waals surface area contributed by atoms with Crippen molar-refractivity contribution in [1.29, 1.82) is 0 Å². The Hall–Kier alpha value is -0.610. The molecule has 0 fully saturated rings. The largest absolute Gasteiger partial charge is 0.465 e. The summed E-state index contributed by atoms with van der Waals surface area (Å²) in [6.07, 6.45) is 2.13. The van der Waals surface area contributed by atoms with Gasteiger partial charge in [-0.2, -0.15) is 0 Å². The first-order valence-electron chi connectivity index (χ1n) is 7.89. The van der Waals surface area contributed by atoms with E-state index in [1.54, 1.807) is 0 Å². The smallest absolute Gasteiger partial charge is 0.327 e. The molecule has 1 N–H and O–H groups in total. The van der Waals surface area contributed by atoms with Crippen LogP contribution in [0.2, 0.25) is 0 Å². The van der Waals surface area contributed by atoms with Gasteiger partial charge in [-0.1, -0.05) is 20.8 Å². The first kappa shape index (κ1) is 19.4. The van der Waals surface area contributed by atoms with Crippen molar-refractivity contribution in [2.24, 2.45) is 5.92 Å². The molecule has 120 valence electrons. The van der Waals surface area contributed by atoms with Crippen molar-refractivity contribution in [3.05, 3.63) is 0 Å². The number of hydrogen-bond acceptors (Lipinski definition) is 4. The van der Waals surface area contributed by atoms with Crippen LogP contribution in [-0.2, 0) is 9.53 Å². The number of hydrogen-bond donors (Lipinski definition) is 1. The lowest BCUT2D eigenvalue weighted by Crippen LogP contribution is -2.58. The SMILES string of the molecule is CCCNC(C)(CN(C)C(C)CC(C)C)C(=O)OCC. The molecule has 0 aliphatic carbocycles. The number of esters is 1. The molecule has 0 aliphatic rings. The number of carbonyl (C=O) groups is 1. The highest BCUT2D eigenvalue weighted by Crippen LogP contribution is 2.15. The Morgan fingerprint density at radius 2 is 1.90 bits per heavy atom. The molecule has 0 amide bonds. The highest BCUT2D eigenvalue weighted by molar-refractivity contribution is 5.80. The second-order valence-electron chi connectivity index (χ2n) is 6.37. The molecule has 0 aromatic carbocycles. The molecule has 0 rings (SSSR count). The molecule has 20 heavy (non-hydrogen) atoms. The van der Waals surface area contributed by atoms with Crippen LogP contribution in [-0.4, -0.2) is 49.2 Å². The predicted octanol–water partition coefficient (Wildman–Crippen LogP) is 2.67. The minimum Gasteiger partial charge on any atom is -0.465 e. The average molecular weight is 286 g/mol. The van der Waals surface area contributed by atoms with Crippen LogP contribution in [0, 0.1) is 5.92 Å². The van der Waals surface area contributed by atoms with Gasteiger partial charge in [0.1, 0.15) is 5.54 Å². The minimum absolute atomic E-state index is 0.156. The molecular weight excluding hydrogens is 252 g/mol. The third kappa shape index (κ3) is 6.71. The van der Waals surface area contributed by atoms with Crippen LogP contribution in [0.5, 0.6) is 0 Å². The molecule has 0 spiro atoms. The second kappa shape index (κ2) is 9.35. The van der Waals surface area contributed by atoms with E-state index in [0.717, 1.165) is 19.4 Å². The van der Waals surface area contributed by atoms with Crippen LogP contribution in [0.1, 0.15) is 54.4 Å². The van der Waals surface area contributed by atoms with Crippen molar-refractivity contribution < 1.29 is 9.53 Å². The number of rotatable bonds is 10. The maximum Gasteiger partial charge on any atom is 0.327 e. The van der Waals surface area contributed by atoms with E-state index < -0.39 is 5.54 Å². The van der Waals surface area contributed by atoms with Gasteiger partial charge in [0.2, 0.25) is 0 Å². The van der Waals surface area contributed by atoms with Crippen molar-refractivity contribution in [3.8, 4) is 0 Å². The zero-order valence-corrected chi connectivity index (χ0v) is 14.5. The van der Waals surface area contributed by atoms with Gasteiger partial charge in [-0.05, 0) is 53.1 Å². The molecule has 0 saturated heterocycles. The number of nitrogens with zero attached hydrogens (tertiary/aromatic N) is 1. The van der Waals surface area contributed by atoms with E-state index in [-0.39, 0.29) is 5.97 Å². The van der Waals surface area contributed by atoms with Crippen molar-refractivity contribution in [3.63, 3.8) is 0 Å². The second-order valence-corrected chi connectivity index (χ2v) is 6.37. The monoisotopic (exact) mass is 286 g/mol. The van der Waals surface area contributed by atoms with Crippen LogP contribution in [0.3, 0.4) is 0 Å². The Morgan fingerprint density at radius 1 is 1.30 bits per heavy atom. The maximum absolute atomic E-state index is 12.2. The Morgan fingerprint density at radius 3 is 2.35 bits per heavy atom. The molecule has 0 aromatic heterocycles. The number of ether oxygens (including phenoxy) is 1. The zero-order valence-electron chi connectivity index (χ0n) is 14.5. The van der Waals surface area contributed by atoms with E-state index >= 15 is 0 Å². The van der Waals surface area contributed by atoms with Crippen LogP contribution < -0.4 is 5.32 Å². The quantitative estimate of drug-likeness (QED) is 0.627. The molecule has 0 bridgehead atoms. The van der Waals surface area contributed by atoms with E-state index in [4.69, 9.17) is 4.74 Å². The van der Waals surface area contributed by atoms with Gasteiger partial charge in [-0.3, -0.25) is 4.79 Å². The molecule has 2 unspecified atom stereocenters. The maximum atomic E-state index is 12.2. The molecule has 0 saturated carbocycles. The van der Waals surface area contributed by atoms with E-state index in [2.05, 4.69) is 45.0 Å². The van der Waals surface area contributed by atoms with E-state index in [0.29, 0.717) is 25.1 Å². The van der Waals surface area contributed by atoms with Crippen molar-refractivity contribution in [2.45, 2.75) is 66.0 Å². The van der Waals surface area contributed by atoms with Crippen molar-refractivity contribution in [1.82, 2.24) is 10.2 Å². The molecule has 0 radical (unpaired) electrons. The molecular formula is C16H34N2O2. The number of carbonyl (C=O) groups excluding carboxylic acids is 1. The minimum atomic E-state index is -0.633. The van der Waals surface area contributed by atoms with Crippen molar-refractivity contribution >= 4 is 5.97 Å². The summed E-state index contributed by atoms with van der Waals surface area (Å²) in [7, 11) is 2.08. The molecule has 4 nitrogen and oxygen atoms in total. The average Bonchev–Trinajstić information content (AvgIpc) is 2.35. The molecule has 2 atom stereocenters. The van der Waals surface area contributed by atoms with Crippen molar-refractivity contribution in [2.75, 3.05) is 26.7 Å². The highest BCUT2D eigenvalue weighted by atomic mass is 16.5. The first-order valence-corrected chi connectivity index (χ1v) is 7.89. The van der Waals surface area contributed by atoms with Gasteiger partial charge >= 0.3 is 5.97 Å². The normalized spacial score (nSPS) is 16.2. The molecule has 0 heterocycles. The Balaban J connectivity index is 4.74. The fourth-order valence-corrected chi connectivity index (χ4v) is 2.40. The fraction of sp³-hybridized carbons (Fsp3) is 0.938. The van der Waals surface area contributed by atoms with Crippen LogP contribution in [0.15, 0.2) is 0 Å². The Labute approximate surface area is 125 Å². The van der Waals surface area contributed by atoms with Gasteiger partial charge in [0.15, 0.2) is 0 Å². The summed E-state index contributed by atoms with van der Waals surface area (Å²) in [6.45, 7) is 14.5. The standard InChI is InChI=1S/C16H34N2O2/c1-8-10-17-16(6,15(19)20-9-2)12-18(7)14(5)11-13(3)4/h13-14,17H,8-12H2,1-7H3. The van der Waals surface area contributed by atoms with Crippen LogP contribution in [0.4, 0.5) is 0 Å². The van der Waals surface area contributed by atoms with E-state index in [1.807, 2.05) is 13.8 Å². The van der Waals surface area contributed by atoms with Gasteiger partial charge in [-0.15, -0.1) is 0 Å². The lowest BCUT2D eigenvalue weighted by Gasteiger charge is -2.36. The molecule has 0 aliphatic heterocycles. The van der Waals surface area contributed by atoms with Crippen LogP contribution >= 0.6 is 0 Å². The molecule has 4 heteroatoms. The van der Waals surface area contributed by atoms with Gasteiger partial charge < -0.3 is 15.0 Å². The van der Waals surface area contributed by atoms with Gasteiger partial charge in [-0.25, -0.2) is 0 Å². The van der Waals surface area contributed by atoms with E-state index in [9.17, 15) is 4.79 Å². The third-order valence-electron chi connectivity index (χ3n) is 3.62.